The van der Waals surface area contributed by atoms with Gasteiger partial charge in [0.05, 0.1) is 0 Å². The van der Waals surface area contributed by atoms with Gasteiger partial charge in [0.2, 0.25) is 5.91 Å². The van der Waals surface area contributed by atoms with E-state index in [1.165, 1.54) is 0 Å². The van der Waals surface area contributed by atoms with Crippen molar-refractivity contribution in [3.05, 3.63) is 0 Å². The third-order valence-electron chi connectivity index (χ3n) is 3.66. The van der Waals surface area contributed by atoms with E-state index in [-0.39, 0.29) is 11.8 Å². The Kier molecular flexibility index (Phi) is 9.52. The summed E-state index contributed by atoms with van der Waals surface area (Å²) >= 11 is 0. The summed E-state index contributed by atoms with van der Waals surface area (Å²) in [5, 5.41) is 14.4. The molecule has 0 aromatic heterocycles. The van der Waals surface area contributed by atoms with Crippen LogP contribution in [0.1, 0.15) is 67.7 Å². The Hall–Kier alpha value is -1.79. The van der Waals surface area contributed by atoms with E-state index >= 15 is 0 Å². The molecule has 25 heavy (non-hydrogen) atoms. The number of carboxylic acids is 1. The van der Waals surface area contributed by atoms with Crippen molar-refractivity contribution in [3.8, 4) is 0 Å². The highest BCUT2D eigenvalue weighted by Crippen LogP contribution is 2.12. The molecule has 3 atom stereocenters. The second-order valence-corrected chi connectivity index (χ2v) is 7.98. The third-order valence-corrected chi connectivity index (χ3v) is 3.66. The highest BCUT2D eigenvalue weighted by atomic mass is 16.6. The van der Waals surface area contributed by atoms with Gasteiger partial charge < -0.3 is 20.5 Å². The Balaban J connectivity index is 5.02. The topological polar surface area (TPSA) is 105 Å². The Labute approximate surface area is 150 Å². The molecule has 0 saturated heterocycles. The number of carboxylic acid groups (broad SMARTS) is 1. The molecule has 0 saturated carbocycles. The van der Waals surface area contributed by atoms with Gasteiger partial charge in [0.15, 0.2) is 0 Å². The zero-order valence-electron chi connectivity index (χ0n) is 16.5. The maximum absolute atomic E-state index is 12.5. The molecule has 0 spiro atoms. The largest absolute Gasteiger partial charge is 0.480 e. The Bertz CT molecular complexity index is 457. The quantitative estimate of drug-likeness (QED) is 0.588. The molecular weight excluding hydrogens is 324 g/mol. The summed E-state index contributed by atoms with van der Waals surface area (Å²) in [5.74, 6) is -1.27. The minimum Gasteiger partial charge on any atom is -0.480 e. The number of amides is 2. The van der Waals surface area contributed by atoms with E-state index in [0.717, 1.165) is 6.42 Å². The standard InChI is InChI=1S/C18H34N2O5/c1-8-12(4)10-14(16(22)23)19-15(21)13(9-11(2)3)20-17(24)25-18(5,6)7/h11-14H,8-10H2,1-7H3,(H,19,21)(H,20,24)(H,22,23)/t12?,13-,14?/m0/s1. The summed E-state index contributed by atoms with van der Waals surface area (Å²) in [7, 11) is 0. The zero-order chi connectivity index (χ0) is 19.8. The van der Waals surface area contributed by atoms with Gasteiger partial charge in [-0.25, -0.2) is 9.59 Å². The van der Waals surface area contributed by atoms with Crippen LogP contribution in [0.4, 0.5) is 4.79 Å². The third kappa shape index (κ3) is 10.6. The molecule has 0 aromatic rings. The molecule has 0 rings (SSSR count). The van der Waals surface area contributed by atoms with Crippen molar-refractivity contribution in [2.75, 3.05) is 0 Å². The van der Waals surface area contributed by atoms with Crippen LogP contribution in [0.3, 0.4) is 0 Å². The van der Waals surface area contributed by atoms with Crippen LogP contribution in [0.25, 0.3) is 0 Å². The van der Waals surface area contributed by atoms with Crippen molar-refractivity contribution in [1.29, 1.82) is 0 Å². The minimum atomic E-state index is -1.07. The number of rotatable bonds is 9. The molecule has 3 N–H and O–H groups in total. The van der Waals surface area contributed by atoms with E-state index in [1.807, 2.05) is 27.7 Å². The molecular formula is C18H34N2O5. The molecule has 0 bridgehead atoms. The molecule has 2 unspecified atom stereocenters. The van der Waals surface area contributed by atoms with Crippen molar-refractivity contribution >= 4 is 18.0 Å². The average molecular weight is 358 g/mol. The van der Waals surface area contributed by atoms with Crippen molar-refractivity contribution in [3.63, 3.8) is 0 Å². The Morgan fingerprint density at radius 3 is 1.96 bits per heavy atom. The first kappa shape index (κ1) is 23.2. The number of aliphatic carboxylic acids is 1. The first-order chi connectivity index (χ1) is 11.4. The molecule has 0 aromatic carbocycles. The van der Waals surface area contributed by atoms with Crippen LogP contribution in [0.2, 0.25) is 0 Å². The lowest BCUT2D eigenvalue weighted by Gasteiger charge is -2.26. The first-order valence-electron chi connectivity index (χ1n) is 8.88. The SMILES string of the molecule is CCC(C)CC(NC(=O)[C@H](CC(C)C)NC(=O)OC(C)(C)C)C(=O)O. The molecule has 0 aliphatic heterocycles. The fourth-order valence-corrected chi connectivity index (χ4v) is 2.22. The smallest absolute Gasteiger partial charge is 0.408 e. The van der Waals surface area contributed by atoms with Crippen LogP contribution in [0, 0.1) is 11.8 Å². The van der Waals surface area contributed by atoms with Gasteiger partial charge in [-0.2, -0.15) is 0 Å². The normalized spacial score (nSPS) is 15.2. The maximum Gasteiger partial charge on any atom is 0.408 e. The highest BCUT2D eigenvalue weighted by molar-refractivity contribution is 5.89. The van der Waals surface area contributed by atoms with Gasteiger partial charge in [-0.15, -0.1) is 0 Å². The molecule has 0 aliphatic carbocycles. The van der Waals surface area contributed by atoms with Gasteiger partial charge >= 0.3 is 12.1 Å². The number of carbonyl (C=O) groups excluding carboxylic acids is 2. The molecule has 0 aliphatic rings. The number of hydrogen-bond donors (Lipinski definition) is 3. The van der Waals surface area contributed by atoms with E-state index in [9.17, 15) is 19.5 Å². The van der Waals surface area contributed by atoms with Crippen LogP contribution in [0.15, 0.2) is 0 Å². The fourth-order valence-electron chi connectivity index (χ4n) is 2.22. The summed E-state index contributed by atoms with van der Waals surface area (Å²) in [5.41, 5.74) is -0.677. The van der Waals surface area contributed by atoms with E-state index < -0.39 is 35.7 Å². The van der Waals surface area contributed by atoms with E-state index in [4.69, 9.17) is 4.74 Å². The number of carbonyl (C=O) groups is 3. The number of hydrogen-bond acceptors (Lipinski definition) is 4. The highest BCUT2D eigenvalue weighted by Gasteiger charge is 2.29. The predicted molar refractivity (Wildman–Crippen MR) is 96.3 cm³/mol. The van der Waals surface area contributed by atoms with Crippen LogP contribution in [-0.2, 0) is 14.3 Å². The lowest BCUT2D eigenvalue weighted by molar-refractivity contribution is -0.142. The molecule has 2 amide bonds. The van der Waals surface area contributed by atoms with Crippen LogP contribution < -0.4 is 10.6 Å². The molecule has 7 nitrogen and oxygen atoms in total. The number of ether oxygens (including phenoxy) is 1. The average Bonchev–Trinajstić information content (AvgIpc) is 2.42. The van der Waals surface area contributed by atoms with E-state index in [1.54, 1.807) is 20.8 Å². The molecule has 7 heteroatoms. The lowest BCUT2D eigenvalue weighted by Crippen LogP contribution is -2.53. The minimum absolute atomic E-state index is 0.142. The van der Waals surface area contributed by atoms with Gasteiger partial charge in [-0.3, -0.25) is 4.79 Å². The fraction of sp³-hybridized carbons (Fsp3) is 0.833. The van der Waals surface area contributed by atoms with Crippen molar-refractivity contribution < 1.29 is 24.2 Å². The van der Waals surface area contributed by atoms with Gasteiger partial charge in [0.1, 0.15) is 17.7 Å². The number of nitrogens with one attached hydrogen (secondary N) is 2. The monoisotopic (exact) mass is 358 g/mol. The van der Waals surface area contributed by atoms with Crippen LogP contribution >= 0.6 is 0 Å². The first-order valence-corrected chi connectivity index (χ1v) is 8.88. The van der Waals surface area contributed by atoms with Crippen molar-refractivity contribution in [2.45, 2.75) is 85.4 Å². The molecule has 0 fully saturated rings. The number of alkyl carbamates (subject to hydrolysis) is 1. The van der Waals surface area contributed by atoms with Gasteiger partial charge in [0, 0.05) is 0 Å². The van der Waals surface area contributed by atoms with Crippen LogP contribution in [0.5, 0.6) is 0 Å². The van der Waals surface area contributed by atoms with Gasteiger partial charge in [-0.05, 0) is 45.4 Å². The molecule has 0 heterocycles. The van der Waals surface area contributed by atoms with E-state index in [0.29, 0.717) is 12.8 Å². The lowest BCUT2D eigenvalue weighted by atomic mass is 9.98. The zero-order valence-corrected chi connectivity index (χ0v) is 16.5. The van der Waals surface area contributed by atoms with Crippen molar-refractivity contribution in [2.24, 2.45) is 11.8 Å². The summed E-state index contributed by atoms with van der Waals surface area (Å²) in [6, 6.07) is -1.81. The summed E-state index contributed by atoms with van der Waals surface area (Å²) < 4.78 is 5.19. The summed E-state index contributed by atoms with van der Waals surface area (Å²) in [6.07, 6.45) is 0.867. The summed E-state index contributed by atoms with van der Waals surface area (Å²) in [4.78, 5) is 35.9. The summed E-state index contributed by atoms with van der Waals surface area (Å²) in [6.45, 7) is 12.9. The predicted octanol–water partition coefficient (Wildman–Crippen LogP) is 2.93. The van der Waals surface area contributed by atoms with Crippen molar-refractivity contribution in [1.82, 2.24) is 10.6 Å². The maximum atomic E-state index is 12.5. The van der Waals surface area contributed by atoms with E-state index in [2.05, 4.69) is 10.6 Å². The van der Waals surface area contributed by atoms with Gasteiger partial charge in [-0.1, -0.05) is 34.1 Å². The van der Waals surface area contributed by atoms with Gasteiger partial charge in [0.25, 0.3) is 0 Å². The second kappa shape index (κ2) is 10.3. The second-order valence-electron chi connectivity index (χ2n) is 7.98. The van der Waals surface area contributed by atoms with Crippen LogP contribution in [-0.4, -0.2) is 40.8 Å². The Morgan fingerprint density at radius 2 is 1.56 bits per heavy atom. The molecule has 0 radical (unpaired) electrons. The molecule has 146 valence electrons. The Morgan fingerprint density at radius 1 is 1.00 bits per heavy atom.